The van der Waals surface area contributed by atoms with E-state index in [0.717, 1.165) is 10.9 Å². The van der Waals surface area contributed by atoms with Crippen molar-refractivity contribution in [1.29, 1.82) is 0 Å². The van der Waals surface area contributed by atoms with Crippen LogP contribution in [-0.2, 0) is 0 Å². The van der Waals surface area contributed by atoms with Gasteiger partial charge in [-0.15, -0.1) is 0 Å². The van der Waals surface area contributed by atoms with Crippen LogP contribution in [0.1, 0.15) is 12.0 Å². The quantitative estimate of drug-likeness (QED) is 0.560. The summed E-state index contributed by atoms with van der Waals surface area (Å²) in [5.41, 5.74) is 0.646. The molecule has 7 heteroatoms. The molecule has 1 aliphatic carbocycles. The molecular weight excluding hydrogens is 304 g/mol. The van der Waals surface area contributed by atoms with Crippen molar-refractivity contribution in [2.75, 3.05) is 0 Å². The first-order chi connectivity index (χ1) is 10.9. The lowest BCUT2D eigenvalue weighted by Crippen LogP contribution is -2.57. The van der Waals surface area contributed by atoms with Gasteiger partial charge in [0.05, 0.1) is 6.10 Å². The van der Waals surface area contributed by atoms with Crippen molar-refractivity contribution < 1.29 is 29.6 Å². The van der Waals surface area contributed by atoms with E-state index in [4.69, 9.17) is 9.15 Å². The van der Waals surface area contributed by atoms with Gasteiger partial charge in [0.25, 0.3) is 0 Å². The van der Waals surface area contributed by atoms with E-state index in [2.05, 4.69) is 0 Å². The van der Waals surface area contributed by atoms with Crippen LogP contribution >= 0.6 is 0 Å². The summed E-state index contributed by atoms with van der Waals surface area (Å²) in [6.07, 6.45) is -6.37. The second kappa shape index (κ2) is 5.93. The minimum atomic E-state index is -1.50. The molecule has 7 nitrogen and oxygen atoms in total. The first kappa shape index (κ1) is 15.9. The van der Waals surface area contributed by atoms with Crippen molar-refractivity contribution in [2.45, 2.75) is 43.9 Å². The Morgan fingerprint density at radius 2 is 1.83 bits per heavy atom. The Labute approximate surface area is 131 Å². The molecule has 0 saturated heterocycles. The number of hydrogen-bond acceptors (Lipinski definition) is 7. The van der Waals surface area contributed by atoms with E-state index in [-0.39, 0.29) is 6.42 Å². The third-order valence-electron chi connectivity index (χ3n) is 4.16. The summed E-state index contributed by atoms with van der Waals surface area (Å²) in [7, 11) is 0. The molecule has 0 unspecified atom stereocenters. The molecule has 3 rings (SSSR count). The van der Waals surface area contributed by atoms with Crippen LogP contribution in [0.25, 0.3) is 11.0 Å². The van der Waals surface area contributed by atoms with Crippen LogP contribution < -0.4 is 10.4 Å². The van der Waals surface area contributed by atoms with Crippen LogP contribution in [0.4, 0.5) is 0 Å². The van der Waals surface area contributed by atoms with Crippen molar-refractivity contribution >= 4 is 11.0 Å². The van der Waals surface area contributed by atoms with Gasteiger partial charge in [0, 0.05) is 23.9 Å². The zero-order chi connectivity index (χ0) is 16.7. The van der Waals surface area contributed by atoms with Gasteiger partial charge < -0.3 is 29.6 Å². The third-order valence-corrected chi connectivity index (χ3v) is 4.16. The first-order valence-corrected chi connectivity index (χ1v) is 7.30. The maximum Gasteiger partial charge on any atom is 0.336 e. The summed E-state index contributed by atoms with van der Waals surface area (Å²) in [5, 5.41) is 39.7. The van der Waals surface area contributed by atoms with Gasteiger partial charge in [-0.1, -0.05) is 0 Å². The molecule has 0 spiro atoms. The van der Waals surface area contributed by atoms with E-state index in [1.807, 2.05) is 0 Å². The van der Waals surface area contributed by atoms with Gasteiger partial charge in [-0.05, 0) is 24.6 Å². The van der Waals surface area contributed by atoms with Gasteiger partial charge in [-0.2, -0.15) is 0 Å². The minimum absolute atomic E-state index is 0.0325. The molecule has 1 fully saturated rings. The van der Waals surface area contributed by atoms with Crippen molar-refractivity contribution in [3.05, 3.63) is 40.2 Å². The molecule has 1 aromatic heterocycles. The molecule has 0 aliphatic heterocycles. The molecule has 1 aliphatic rings. The molecule has 0 bridgehead atoms. The number of aryl methyl sites for hydroxylation is 1. The van der Waals surface area contributed by atoms with Gasteiger partial charge in [0.15, 0.2) is 0 Å². The smallest absolute Gasteiger partial charge is 0.336 e. The monoisotopic (exact) mass is 322 g/mol. The number of aliphatic hydroxyl groups is 4. The van der Waals surface area contributed by atoms with E-state index in [9.17, 15) is 25.2 Å². The standard InChI is InChI=1S/C16H18O7/c1-7-4-13(18)23-11-5-8(2-3-9(7)11)22-12-6-10(17)14(19)16(21)15(12)20/h2-5,10,12,14-17,19-21H,6H2,1H3/t10-,12-,14-,15-,16-/m1/s1. The Morgan fingerprint density at radius 1 is 1.09 bits per heavy atom. The molecule has 1 aromatic carbocycles. The second-order valence-electron chi connectivity index (χ2n) is 5.84. The zero-order valence-corrected chi connectivity index (χ0v) is 12.4. The molecule has 2 aromatic rings. The van der Waals surface area contributed by atoms with Crippen molar-refractivity contribution in [3.8, 4) is 5.75 Å². The predicted octanol–water partition coefficient (Wildman–Crippen LogP) is -0.304. The predicted molar refractivity (Wildman–Crippen MR) is 80.3 cm³/mol. The third kappa shape index (κ3) is 2.96. The highest BCUT2D eigenvalue weighted by atomic mass is 16.5. The molecular formula is C16H18O7. The summed E-state index contributed by atoms with van der Waals surface area (Å²) in [6.45, 7) is 1.79. The summed E-state index contributed by atoms with van der Waals surface area (Å²) >= 11 is 0. The SMILES string of the molecule is Cc1cc(=O)oc2cc(O[C@@H]3C[C@@H](O)[C@@H](O)[C@@H](O)[C@@H]3O)ccc12. The van der Waals surface area contributed by atoms with E-state index < -0.39 is 36.1 Å². The van der Waals surface area contributed by atoms with Crippen molar-refractivity contribution in [2.24, 2.45) is 0 Å². The second-order valence-corrected chi connectivity index (χ2v) is 5.84. The van der Waals surface area contributed by atoms with Crippen LogP contribution in [0.3, 0.4) is 0 Å². The number of hydrogen-bond donors (Lipinski definition) is 4. The summed E-state index contributed by atoms with van der Waals surface area (Å²) < 4.78 is 10.7. The highest BCUT2D eigenvalue weighted by Gasteiger charge is 2.43. The molecule has 0 radical (unpaired) electrons. The van der Waals surface area contributed by atoms with Crippen molar-refractivity contribution in [3.63, 3.8) is 0 Å². The molecule has 124 valence electrons. The van der Waals surface area contributed by atoms with Gasteiger partial charge in [-0.25, -0.2) is 4.79 Å². The van der Waals surface area contributed by atoms with E-state index in [0.29, 0.717) is 11.3 Å². The Morgan fingerprint density at radius 3 is 2.57 bits per heavy atom. The first-order valence-electron chi connectivity index (χ1n) is 7.30. The molecule has 1 heterocycles. The van der Waals surface area contributed by atoms with Crippen molar-refractivity contribution in [1.82, 2.24) is 0 Å². The average molecular weight is 322 g/mol. The Balaban J connectivity index is 1.88. The van der Waals surface area contributed by atoms with Gasteiger partial charge in [-0.3, -0.25) is 0 Å². The Kier molecular flexibility index (Phi) is 4.11. The highest BCUT2D eigenvalue weighted by molar-refractivity contribution is 5.81. The summed E-state index contributed by atoms with van der Waals surface area (Å²) in [4.78, 5) is 11.4. The zero-order valence-electron chi connectivity index (χ0n) is 12.4. The largest absolute Gasteiger partial charge is 0.487 e. The average Bonchev–Trinajstić information content (AvgIpc) is 2.50. The highest BCUT2D eigenvalue weighted by Crippen LogP contribution is 2.28. The summed E-state index contributed by atoms with van der Waals surface area (Å²) in [5.74, 6) is 0.325. The molecule has 1 saturated carbocycles. The van der Waals surface area contributed by atoms with Crippen LogP contribution in [0.15, 0.2) is 33.5 Å². The van der Waals surface area contributed by atoms with E-state index in [1.165, 1.54) is 12.1 Å². The fraction of sp³-hybridized carbons (Fsp3) is 0.438. The lowest BCUT2D eigenvalue weighted by molar-refractivity contribution is -0.170. The maximum atomic E-state index is 11.4. The lowest BCUT2D eigenvalue weighted by atomic mass is 9.87. The fourth-order valence-corrected chi connectivity index (χ4v) is 2.84. The molecule has 23 heavy (non-hydrogen) atoms. The number of fused-ring (bicyclic) bond motifs is 1. The van der Waals surface area contributed by atoms with Crippen LogP contribution in [0.2, 0.25) is 0 Å². The topological polar surface area (TPSA) is 120 Å². The number of benzene rings is 1. The minimum Gasteiger partial charge on any atom is -0.487 e. The number of ether oxygens (including phenoxy) is 1. The van der Waals surface area contributed by atoms with E-state index >= 15 is 0 Å². The van der Waals surface area contributed by atoms with Gasteiger partial charge in [0.1, 0.15) is 35.7 Å². The molecule has 5 atom stereocenters. The van der Waals surface area contributed by atoms with Crippen LogP contribution in [-0.4, -0.2) is 50.9 Å². The van der Waals surface area contributed by atoms with E-state index in [1.54, 1.807) is 19.1 Å². The number of aliphatic hydroxyl groups excluding tert-OH is 4. The fourth-order valence-electron chi connectivity index (χ4n) is 2.84. The molecule has 4 N–H and O–H groups in total. The Bertz CT molecular complexity index is 769. The van der Waals surface area contributed by atoms with Gasteiger partial charge >= 0.3 is 5.63 Å². The number of rotatable bonds is 2. The summed E-state index contributed by atoms with van der Waals surface area (Å²) in [6, 6.07) is 6.27. The maximum absolute atomic E-state index is 11.4. The lowest BCUT2D eigenvalue weighted by Gasteiger charge is -2.38. The van der Waals surface area contributed by atoms with Gasteiger partial charge in [0.2, 0.25) is 0 Å². The van der Waals surface area contributed by atoms with Crippen LogP contribution in [0.5, 0.6) is 5.75 Å². The Hall–Kier alpha value is -1.93. The van der Waals surface area contributed by atoms with Crippen LogP contribution in [0, 0.1) is 6.92 Å². The normalized spacial score (nSPS) is 31.3. The molecule has 0 amide bonds.